The van der Waals surface area contributed by atoms with Crippen LogP contribution in [0.4, 0.5) is 5.69 Å². The first kappa shape index (κ1) is 15.1. The van der Waals surface area contributed by atoms with Crippen LogP contribution < -0.4 is 11.1 Å². The fraction of sp³-hybridized carbons (Fsp3) is 0.462. The molecule has 4 nitrogen and oxygen atoms in total. The summed E-state index contributed by atoms with van der Waals surface area (Å²) in [4.78, 5) is 11.8. The summed E-state index contributed by atoms with van der Waals surface area (Å²) in [5.74, 6) is -0.0991. The van der Waals surface area contributed by atoms with E-state index in [0.29, 0.717) is 6.61 Å². The van der Waals surface area contributed by atoms with Gasteiger partial charge in [0.1, 0.15) is 0 Å². The van der Waals surface area contributed by atoms with Crippen LogP contribution in [0.3, 0.4) is 0 Å². The molecule has 0 fully saturated rings. The van der Waals surface area contributed by atoms with E-state index in [1.807, 2.05) is 32.0 Å². The first-order valence-corrected chi connectivity index (χ1v) is 6.48. The van der Waals surface area contributed by atoms with Crippen LogP contribution in [-0.2, 0) is 16.1 Å². The van der Waals surface area contributed by atoms with Crippen molar-refractivity contribution in [2.24, 2.45) is 5.73 Å². The fourth-order valence-corrected chi connectivity index (χ4v) is 2.06. The lowest BCUT2D eigenvalue weighted by Gasteiger charge is -2.18. The molecular formula is C13H19BrN2O2. The van der Waals surface area contributed by atoms with Crippen molar-refractivity contribution in [3.8, 4) is 0 Å². The van der Waals surface area contributed by atoms with Crippen LogP contribution in [0.15, 0.2) is 22.7 Å². The lowest BCUT2D eigenvalue weighted by atomic mass is 10.0. The predicted molar refractivity (Wildman–Crippen MR) is 76.4 cm³/mol. The van der Waals surface area contributed by atoms with Gasteiger partial charge in [0.25, 0.3) is 0 Å². The lowest BCUT2D eigenvalue weighted by molar-refractivity contribution is -0.117. The van der Waals surface area contributed by atoms with Gasteiger partial charge in [-0.05, 0) is 26.0 Å². The van der Waals surface area contributed by atoms with Crippen LogP contribution in [0.1, 0.15) is 25.8 Å². The summed E-state index contributed by atoms with van der Waals surface area (Å²) in [6, 6.07) is 5.63. The number of hydrogen-bond donors (Lipinski definition) is 2. The number of rotatable bonds is 5. The Hall–Kier alpha value is -0.910. The van der Waals surface area contributed by atoms with Gasteiger partial charge < -0.3 is 15.8 Å². The van der Waals surface area contributed by atoms with E-state index in [2.05, 4.69) is 21.2 Å². The molecule has 100 valence electrons. The maximum atomic E-state index is 11.8. The van der Waals surface area contributed by atoms with E-state index in [9.17, 15) is 4.79 Å². The van der Waals surface area contributed by atoms with E-state index in [0.717, 1.165) is 15.7 Å². The van der Waals surface area contributed by atoms with E-state index in [1.54, 1.807) is 7.11 Å². The van der Waals surface area contributed by atoms with Crippen molar-refractivity contribution in [1.82, 2.24) is 0 Å². The lowest BCUT2D eigenvalue weighted by Crippen LogP contribution is -2.36. The number of carbonyl (C=O) groups excluding carboxylic acids is 1. The van der Waals surface area contributed by atoms with Crippen LogP contribution in [0, 0.1) is 0 Å². The normalized spacial score (nSPS) is 11.4. The Balaban J connectivity index is 2.84. The summed E-state index contributed by atoms with van der Waals surface area (Å²) in [6.07, 6.45) is 0.270. The molecule has 0 heterocycles. The highest BCUT2D eigenvalue weighted by molar-refractivity contribution is 9.10. The number of amides is 1. The van der Waals surface area contributed by atoms with Crippen LogP contribution in [0.25, 0.3) is 0 Å². The minimum Gasteiger partial charge on any atom is -0.380 e. The van der Waals surface area contributed by atoms with Crippen LogP contribution in [0.5, 0.6) is 0 Å². The van der Waals surface area contributed by atoms with Crippen LogP contribution in [0.2, 0.25) is 0 Å². The third kappa shape index (κ3) is 4.76. The monoisotopic (exact) mass is 314 g/mol. The summed E-state index contributed by atoms with van der Waals surface area (Å²) >= 11 is 3.44. The van der Waals surface area contributed by atoms with E-state index in [4.69, 9.17) is 10.5 Å². The van der Waals surface area contributed by atoms with E-state index < -0.39 is 5.54 Å². The quantitative estimate of drug-likeness (QED) is 0.878. The predicted octanol–water partition coefficient (Wildman–Crippen LogP) is 2.66. The molecule has 0 unspecified atom stereocenters. The maximum absolute atomic E-state index is 11.8. The van der Waals surface area contributed by atoms with Crippen molar-refractivity contribution >= 4 is 27.5 Å². The molecule has 0 spiro atoms. The van der Waals surface area contributed by atoms with E-state index >= 15 is 0 Å². The Morgan fingerprint density at radius 2 is 2.17 bits per heavy atom. The minimum absolute atomic E-state index is 0.0991. The highest BCUT2D eigenvalue weighted by atomic mass is 79.9. The smallest absolute Gasteiger partial charge is 0.226 e. The summed E-state index contributed by atoms with van der Waals surface area (Å²) in [5, 5.41) is 2.86. The average molecular weight is 315 g/mol. The maximum Gasteiger partial charge on any atom is 0.226 e. The Kier molecular flexibility index (Phi) is 5.31. The number of benzene rings is 1. The topological polar surface area (TPSA) is 64.3 Å². The number of hydrogen-bond acceptors (Lipinski definition) is 3. The summed E-state index contributed by atoms with van der Waals surface area (Å²) in [5.41, 5.74) is 6.98. The van der Waals surface area contributed by atoms with Gasteiger partial charge in [-0.15, -0.1) is 0 Å². The van der Waals surface area contributed by atoms with Crippen LogP contribution >= 0.6 is 15.9 Å². The second kappa shape index (κ2) is 6.31. The molecule has 0 saturated carbocycles. The van der Waals surface area contributed by atoms with E-state index in [-0.39, 0.29) is 12.3 Å². The molecule has 0 aliphatic heterocycles. The molecular weight excluding hydrogens is 296 g/mol. The Bertz CT molecular complexity index is 427. The number of nitrogens with two attached hydrogens (primary N) is 1. The number of ether oxygens (including phenoxy) is 1. The van der Waals surface area contributed by atoms with Crippen LogP contribution in [-0.4, -0.2) is 18.6 Å². The molecule has 1 rings (SSSR count). The fourth-order valence-electron chi connectivity index (χ4n) is 1.58. The van der Waals surface area contributed by atoms with Gasteiger partial charge in [-0.3, -0.25) is 4.79 Å². The molecule has 0 atom stereocenters. The third-order valence-electron chi connectivity index (χ3n) is 2.30. The Morgan fingerprint density at radius 3 is 2.72 bits per heavy atom. The summed E-state index contributed by atoms with van der Waals surface area (Å²) in [6.45, 7) is 4.08. The zero-order valence-corrected chi connectivity index (χ0v) is 12.5. The second-order valence-corrected chi connectivity index (χ2v) is 5.77. The van der Waals surface area contributed by atoms with Gasteiger partial charge in [0.05, 0.1) is 6.61 Å². The number of nitrogens with one attached hydrogen (secondary N) is 1. The van der Waals surface area contributed by atoms with Crippen molar-refractivity contribution in [2.45, 2.75) is 32.4 Å². The van der Waals surface area contributed by atoms with Crippen molar-refractivity contribution in [2.75, 3.05) is 12.4 Å². The van der Waals surface area contributed by atoms with Gasteiger partial charge >= 0.3 is 0 Å². The SMILES string of the molecule is COCc1c(Br)cccc1NC(=O)CC(C)(C)N. The van der Waals surface area contributed by atoms with Gasteiger partial charge in [0.2, 0.25) is 5.91 Å². The zero-order chi connectivity index (χ0) is 13.8. The van der Waals surface area contributed by atoms with E-state index in [1.165, 1.54) is 0 Å². The van der Waals surface area contributed by atoms with Crippen molar-refractivity contribution in [3.05, 3.63) is 28.2 Å². The molecule has 1 aromatic carbocycles. The third-order valence-corrected chi connectivity index (χ3v) is 3.04. The summed E-state index contributed by atoms with van der Waals surface area (Å²) < 4.78 is 6.04. The number of halogens is 1. The summed E-state index contributed by atoms with van der Waals surface area (Å²) in [7, 11) is 1.62. The van der Waals surface area contributed by atoms with Crippen molar-refractivity contribution in [1.29, 1.82) is 0 Å². The molecule has 0 aromatic heterocycles. The average Bonchev–Trinajstić information content (AvgIpc) is 2.20. The molecule has 1 aromatic rings. The first-order chi connectivity index (χ1) is 8.33. The van der Waals surface area contributed by atoms with Gasteiger partial charge in [-0.25, -0.2) is 0 Å². The standard InChI is InChI=1S/C13H19BrN2O2/c1-13(2,15)7-12(17)16-11-6-4-5-10(14)9(11)8-18-3/h4-6H,7-8,15H2,1-3H3,(H,16,17). The largest absolute Gasteiger partial charge is 0.380 e. The molecule has 0 aliphatic carbocycles. The molecule has 5 heteroatoms. The highest BCUT2D eigenvalue weighted by Crippen LogP contribution is 2.25. The minimum atomic E-state index is -0.516. The second-order valence-electron chi connectivity index (χ2n) is 4.91. The molecule has 0 aliphatic rings. The molecule has 0 bridgehead atoms. The Morgan fingerprint density at radius 1 is 1.50 bits per heavy atom. The molecule has 0 saturated heterocycles. The number of methoxy groups -OCH3 is 1. The van der Waals surface area contributed by atoms with Gasteiger partial charge in [0, 0.05) is 34.8 Å². The Labute approximate surface area is 116 Å². The van der Waals surface area contributed by atoms with Gasteiger partial charge in [0.15, 0.2) is 0 Å². The number of carbonyl (C=O) groups is 1. The highest BCUT2D eigenvalue weighted by Gasteiger charge is 2.17. The zero-order valence-electron chi connectivity index (χ0n) is 10.9. The number of anilines is 1. The van der Waals surface area contributed by atoms with Gasteiger partial charge in [-0.2, -0.15) is 0 Å². The molecule has 18 heavy (non-hydrogen) atoms. The van der Waals surface area contributed by atoms with Crippen molar-refractivity contribution < 1.29 is 9.53 Å². The molecule has 3 N–H and O–H groups in total. The van der Waals surface area contributed by atoms with Crippen molar-refractivity contribution in [3.63, 3.8) is 0 Å². The molecule has 0 radical (unpaired) electrons. The van der Waals surface area contributed by atoms with Gasteiger partial charge in [-0.1, -0.05) is 22.0 Å². The molecule has 1 amide bonds. The first-order valence-electron chi connectivity index (χ1n) is 5.68.